The average Bonchev–Trinajstić information content (AvgIpc) is 2.53. The molecule has 1 heterocycles. The summed E-state index contributed by atoms with van der Waals surface area (Å²) in [4.78, 5) is 4.20. The first-order valence-corrected chi connectivity index (χ1v) is 6.14. The molecule has 0 amide bonds. The van der Waals surface area contributed by atoms with E-state index < -0.39 is 5.60 Å². The molecule has 0 aliphatic heterocycles. The summed E-state index contributed by atoms with van der Waals surface area (Å²) in [6.45, 7) is 2.27. The predicted molar refractivity (Wildman–Crippen MR) is 61.9 cm³/mol. The maximum atomic E-state index is 10.6. The second-order valence-corrected chi connectivity index (χ2v) is 5.24. The van der Waals surface area contributed by atoms with Crippen molar-refractivity contribution in [3.8, 4) is 0 Å². The van der Waals surface area contributed by atoms with Crippen molar-refractivity contribution in [3.05, 3.63) is 12.2 Å². The molecule has 0 bridgehead atoms. The van der Waals surface area contributed by atoms with E-state index >= 15 is 0 Å². The van der Waals surface area contributed by atoms with E-state index in [1.807, 2.05) is 7.05 Å². The second-order valence-electron chi connectivity index (χ2n) is 5.24. The minimum Gasteiger partial charge on any atom is -0.389 e. The Balaban J connectivity index is 2.04. The van der Waals surface area contributed by atoms with Gasteiger partial charge in [-0.2, -0.15) is 5.10 Å². The second kappa shape index (κ2) is 4.53. The molecule has 1 N–H and O–H groups in total. The van der Waals surface area contributed by atoms with Crippen molar-refractivity contribution < 1.29 is 5.11 Å². The van der Waals surface area contributed by atoms with E-state index in [4.69, 9.17) is 0 Å². The molecule has 1 aliphatic carbocycles. The van der Waals surface area contributed by atoms with Crippen LogP contribution in [-0.2, 0) is 13.5 Å². The van der Waals surface area contributed by atoms with Crippen LogP contribution in [0.25, 0.3) is 0 Å². The van der Waals surface area contributed by atoms with Crippen LogP contribution in [0.3, 0.4) is 0 Å². The first kappa shape index (κ1) is 11.6. The highest BCUT2D eigenvalue weighted by molar-refractivity contribution is 4.95. The van der Waals surface area contributed by atoms with Crippen molar-refractivity contribution in [2.24, 2.45) is 13.0 Å². The van der Waals surface area contributed by atoms with Crippen molar-refractivity contribution in [2.75, 3.05) is 0 Å². The maximum absolute atomic E-state index is 10.6. The molecule has 4 nitrogen and oxygen atoms in total. The molecule has 1 aliphatic rings. The molecule has 1 saturated carbocycles. The molecule has 0 aromatic carbocycles. The van der Waals surface area contributed by atoms with Crippen LogP contribution in [0, 0.1) is 5.92 Å². The van der Waals surface area contributed by atoms with Gasteiger partial charge in [0.25, 0.3) is 0 Å². The Morgan fingerprint density at radius 1 is 1.50 bits per heavy atom. The zero-order valence-corrected chi connectivity index (χ0v) is 10.2. The van der Waals surface area contributed by atoms with E-state index in [9.17, 15) is 5.11 Å². The van der Waals surface area contributed by atoms with Gasteiger partial charge in [0.05, 0.1) is 5.60 Å². The summed E-state index contributed by atoms with van der Waals surface area (Å²) >= 11 is 0. The zero-order chi connectivity index (χ0) is 11.6. The summed E-state index contributed by atoms with van der Waals surface area (Å²) in [5, 5.41) is 14.6. The highest BCUT2D eigenvalue weighted by Crippen LogP contribution is 2.32. The standard InChI is InChI=1S/C12H21N3O/c1-10-4-3-6-12(16,7-5-10)8-11-13-9-14-15(11)2/h9-10,16H,3-8H2,1-2H3. The lowest BCUT2D eigenvalue weighted by atomic mass is 9.90. The summed E-state index contributed by atoms with van der Waals surface area (Å²) < 4.78 is 1.76. The lowest BCUT2D eigenvalue weighted by molar-refractivity contribution is 0.0217. The Morgan fingerprint density at radius 2 is 2.31 bits per heavy atom. The molecule has 4 heteroatoms. The molecular formula is C12H21N3O. The topological polar surface area (TPSA) is 50.9 Å². The van der Waals surface area contributed by atoms with Crippen molar-refractivity contribution >= 4 is 0 Å². The summed E-state index contributed by atoms with van der Waals surface area (Å²) in [5.41, 5.74) is -0.564. The van der Waals surface area contributed by atoms with E-state index in [0.29, 0.717) is 6.42 Å². The van der Waals surface area contributed by atoms with E-state index in [1.54, 1.807) is 11.0 Å². The van der Waals surface area contributed by atoms with Crippen molar-refractivity contribution in [1.29, 1.82) is 0 Å². The van der Waals surface area contributed by atoms with Crippen LogP contribution in [0.15, 0.2) is 6.33 Å². The van der Waals surface area contributed by atoms with E-state index in [1.165, 1.54) is 6.42 Å². The fourth-order valence-corrected chi connectivity index (χ4v) is 2.52. The van der Waals surface area contributed by atoms with Gasteiger partial charge in [-0.3, -0.25) is 4.68 Å². The first-order chi connectivity index (χ1) is 7.59. The van der Waals surface area contributed by atoms with E-state index in [2.05, 4.69) is 17.0 Å². The highest BCUT2D eigenvalue weighted by atomic mass is 16.3. The zero-order valence-electron chi connectivity index (χ0n) is 10.2. The highest BCUT2D eigenvalue weighted by Gasteiger charge is 2.31. The minimum atomic E-state index is -0.564. The Morgan fingerprint density at radius 3 is 3.00 bits per heavy atom. The Hall–Kier alpha value is -0.900. The third kappa shape index (κ3) is 2.61. The smallest absolute Gasteiger partial charge is 0.138 e. The van der Waals surface area contributed by atoms with Crippen LogP contribution in [0.4, 0.5) is 0 Å². The number of hydrogen-bond donors (Lipinski definition) is 1. The maximum Gasteiger partial charge on any atom is 0.138 e. The van der Waals surface area contributed by atoms with Gasteiger partial charge in [0, 0.05) is 13.5 Å². The predicted octanol–water partition coefficient (Wildman–Crippen LogP) is 1.69. The molecule has 1 aromatic rings. The van der Waals surface area contributed by atoms with Crippen molar-refractivity contribution in [1.82, 2.24) is 14.8 Å². The summed E-state index contributed by atoms with van der Waals surface area (Å²) in [5.74, 6) is 1.63. The van der Waals surface area contributed by atoms with Crippen LogP contribution in [0.1, 0.15) is 44.9 Å². The fraction of sp³-hybridized carbons (Fsp3) is 0.833. The van der Waals surface area contributed by atoms with Crippen LogP contribution in [0.5, 0.6) is 0 Å². The largest absolute Gasteiger partial charge is 0.389 e. The molecule has 90 valence electrons. The lowest BCUT2D eigenvalue weighted by Gasteiger charge is -2.26. The van der Waals surface area contributed by atoms with Gasteiger partial charge in [-0.1, -0.05) is 19.8 Å². The number of nitrogens with zero attached hydrogens (tertiary/aromatic N) is 3. The number of aromatic nitrogens is 3. The molecule has 2 rings (SSSR count). The molecule has 2 atom stereocenters. The number of aliphatic hydroxyl groups is 1. The first-order valence-electron chi connectivity index (χ1n) is 6.14. The third-order valence-electron chi connectivity index (χ3n) is 3.73. The van der Waals surface area contributed by atoms with Crippen LogP contribution in [0.2, 0.25) is 0 Å². The van der Waals surface area contributed by atoms with E-state index in [-0.39, 0.29) is 0 Å². The molecule has 16 heavy (non-hydrogen) atoms. The Kier molecular flexibility index (Phi) is 3.28. The van der Waals surface area contributed by atoms with Crippen molar-refractivity contribution in [2.45, 2.75) is 51.0 Å². The van der Waals surface area contributed by atoms with E-state index in [0.717, 1.165) is 37.4 Å². The van der Waals surface area contributed by atoms with Gasteiger partial charge in [-0.25, -0.2) is 4.98 Å². The van der Waals surface area contributed by atoms with Crippen molar-refractivity contribution in [3.63, 3.8) is 0 Å². The van der Waals surface area contributed by atoms with Gasteiger partial charge in [-0.05, 0) is 25.2 Å². The van der Waals surface area contributed by atoms with Gasteiger partial charge in [-0.15, -0.1) is 0 Å². The summed E-state index contributed by atoms with van der Waals surface area (Å²) in [6.07, 6.45) is 7.45. The van der Waals surface area contributed by atoms with Crippen LogP contribution >= 0.6 is 0 Å². The molecule has 1 aromatic heterocycles. The molecule has 0 saturated heterocycles. The van der Waals surface area contributed by atoms with Gasteiger partial charge in [0.15, 0.2) is 0 Å². The van der Waals surface area contributed by atoms with Gasteiger partial charge in [0.1, 0.15) is 12.2 Å². The molecule has 0 radical (unpaired) electrons. The summed E-state index contributed by atoms with van der Waals surface area (Å²) in [6, 6.07) is 0. The van der Waals surface area contributed by atoms with Gasteiger partial charge < -0.3 is 5.11 Å². The normalized spacial score (nSPS) is 31.3. The quantitative estimate of drug-likeness (QED) is 0.776. The number of rotatable bonds is 2. The SMILES string of the molecule is CC1CCCC(O)(Cc2ncnn2C)CC1. The summed E-state index contributed by atoms with van der Waals surface area (Å²) in [7, 11) is 1.88. The lowest BCUT2D eigenvalue weighted by Crippen LogP contribution is -2.32. The monoisotopic (exact) mass is 223 g/mol. The number of hydrogen-bond acceptors (Lipinski definition) is 3. The molecule has 2 unspecified atom stereocenters. The minimum absolute atomic E-state index is 0.564. The third-order valence-corrected chi connectivity index (χ3v) is 3.73. The number of aryl methyl sites for hydroxylation is 1. The Labute approximate surface area is 96.7 Å². The molecular weight excluding hydrogens is 202 g/mol. The Bertz CT molecular complexity index is 350. The average molecular weight is 223 g/mol. The molecule has 1 fully saturated rings. The van der Waals surface area contributed by atoms with Gasteiger partial charge in [0.2, 0.25) is 0 Å². The fourth-order valence-electron chi connectivity index (χ4n) is 2.52. The van der Waals surface area contributed by atoms with Gasteiger partial charge >= 0.3 is 0 Å². The van der Waals surface area contributed by atoms with Crippen LogP contribution < -0.4 is 0 Å². The molecule has 0 spiro atoms. The van der Waals surface area contributed by atoms with Crippen LogP contribution in [-0.4, -0.2) is 25.5 Å².